The van der Waals surface area contributed by atoms with Crippen molar-refractivity contribution >= 4 is 42.4 Å². The van der Waals surface area contributed by atoms with Gasteiger partial charge in [-0.1, -0.05) is 11.6 Å². The molecule has 0 radical (unpaired) electrons. The predicted octanol–water partition coefficient (Wildman–Crippen LogP) is 1.75. The van der Waals surface area contributed by atoms with Crippen molar-refractivity contribution in [3.05, 3.63) is 17.4 Å². The molecular formula is C8H13Cl3N4. The van der Waals surface area contributed by atoms with Crippen LogP contribution in [0.2, 0.25) is 5.02 Å². The van der Waals surface area contributed by atoms with Crippen LogP contribution in [0.25, 0.3) is 0 Å². The van der Waals surface area contributed by atoms with Crippen molar-refractivity contribution in [1.29, 1.82) is 0 Å². The van der Waals surface area contributed by atoms with Gasteiger partial charge in [-0.05, 0) is 13.0 Å². The molecule has 0 amide bonds. The van der Waals surface area contributed by atoms with Crippen LogP contribution in [0.3, 0.4) is 0 Å². The highest BCUT2D eigenvalue weighted by atomic mass is 35.5. The van der Waals surface area contributed by atoms with E-state index in [1.165, 1.54) is 0 Å². The van der Waals surface area contributed by atoms with Gasteiger partial charge in [-0.15, -0.1) is 24.8 Å². The van der Waals surface area contributed by atoms with Gasteiger partial charge in [0, 0.05) is 12.6 Å². The van der Waals surface area contributed by atoms with Crippen LogP contribution in [-0.2, 0) is 0 Å². The molecule has 1 atom stereocenters. The average Bonchev–Trinajstić information content (AvgIpc) is 2.62. The van der Waals surface area contributed by atoms with Crippen molar-refractivity contribution < 1.29 is 0 Å². The molecule has 1 aromatic heterocycles. The number of nitrogens with zero attached hydrogens (tertiary/aromatic N) is 2. The Morgan fingerprint density at radius 3 is 2.53 bits per heavy atom. The van der Waals surface area contributed by atoms with Gasteiger partial charge in [-0.25, -0.2) is 9.97 Å². The minimum Gasteiger partial charge on any atom is -0.350 e. The third-order valence-electron chi connectivity index (χ3n) is 2.01. The maximum atomic E-state index is 5.66. The molecule has 1 fully saturated rings. The minimum atomic E-state index is 0. The van der Waals surface area contributed by atoms with E-state index in [1.807, 2.05) is 0 Å². The standard InChI is InChI=1S/C8H11ClN4.2ClH/c9-6-3-11-8(12-4-6)13-7-1-2-10-5-7;;/h3-4,7,10H,1-2,5H2,(H,11,12,13);2*1H. The maximum Gasteiger partial charge on any atom is 0.222 e. The third-order valence-corrected chi connectivity index (χ3v) is 2.21. The van der Waals surface area contributed by atoms with Crippen molar-refractivity contribution in [2.75, 3.05) is 18.4 Å². The molecule has 2 N–H and O–H groups in total. The van der Waals surface area contributed by atoms with Gasteiger partial charge in [0.25, 0.3) is 0 Å². The second kappa shape index (κ2) is 7.06. The van der Waals surface area contributed by atoms with Gasteiger partial charge in [0.2, 0.25) is 5.95 Å². The summed E-state index contributed by atoms with van der Waals surface area (Å²) in [5, 5.41) is 7.05. The second-order valence-electron chi connectivity index (χ2n) is 3.06. The first-order valence-corrected chi connectivity index (χ1v) is 4.67. The van der Waals surface area contributed by atoms with Crippen LogP contribution in [0.15, 0.2) is 12.4 Å². The molecule has 1 aliphatic heterocycles. The number of hydrogen-bond acceptors (Lipinski definition) is 4. The molecule has 86 valence electrons. The van der Waals surface area contributed by atoms with E-state index in [9.17, 15) is 0 Å². The largest absolute Gasteiger partial charge is 0.350 e. The van der Waals surface area contributed by atoms with Crippen molar-refractivity contribution in [1.82, 2.24) is 15.3 Å². The SMILES string of the molecule is Cl.Cl.Clc1cnc(NC2CCNC2)nc1. The molecule has 4 nitrogen and oxygen atoms in total. The first-order valence-electron chi connectivity index (χ1n) is 4.29. The Morgan fingerprint density at radius 1 is 1.33 bits per heavy atom. The maximum absolute atomic E-state index is 5.66. The fourth-order valence-corrected chi connectivity index (χ4v) is 1.44. The Morgan fingerprint density at radius 2 is 2.00 bits per heavy atom. The van der Waals surface area contributed by atoms with Gasteiger partial charge < -0.3 is 10.6 Å². The summed E-state index contributed by atoms with van der Waals surface area (Å²) < 4.78 is 0. The van der Waals surface area contributed by atoms with Crippen molar-refractivity contribution in [2.45, 2.75) is 12.5 Å². The Labute approximate surface area is 106 Å². The van der Waals surface area contributed by atoms with Gasteiger partial charge >= 0.3 is 0 Å². The zero-order valence-corrected chi connectivity index (χ0v) is 10.3. The predicted molar refractivity (Wildman–Crippen MR) is 66.4 cm³/mol. The molecule has 7 heteroatoms. The van der Waals surface area contributed by atoms with Gasteiger partial charge in [0.1, 0.15) is 0 Å². The molecule has 0 bridgehead atoms. The average molecular weight is 272 g/mol. The zero-order valence-electron chi connectivity index (χ0n) is 7.94. The number of halogens is 3. The van der Waals surface area contributed by atoms with Crippen LogP contribution in [-0.4, -0.2) is 29.1 Å². The van der Waals surface area contributed by atoms with Crippen LogP contribution >= 0.6 is 36.4 Å². The summed E-state index contributed by atoms with van der Waals surface area (Å²) in [6, 6.07) is 0.446. The lowest BCUT2D eigenvalue weighted by molar-refractivity contribution is 0.780. The molecule has 1 saturated heterocycles. The first-order chi connectivity index (χ1) is 6.34. The summed E-state index contributed by atoms with van der Waals surface area (Å²) in [5.74, 6) is 0.651. The third kappa shape index (κ3) is 4.38. The summed E-state index contributed by atoms with van der Waals surface area (Å²) in [6.07, 6.45) is 4.31. The highest BCUT2D eigenvalue weighted by Crippen LogP contribution is 2.08. The van der Waals surface area contributed by atoms with Gasteiger partial charge in [0.15, 0.2) is 0 Å². The van der Waals surface area contributed by atoms with E-state index in [2.05, 4.69) is 20.6 Å². The number of anilines is 1. The van der Waals surface area contributed by atoms with Crippen LogP contribution in [0, 0.1) is 0 Å². The Bertz CT molecular complexity index is 274. The molecule has 1 unspecified atom stereocenters. The smallest absolute Gasteiger partial charge is 0.222 e. The van der Waals surface area contributed by atoms with Crippen LogP contribution < -0.4 is 10.6 Å². The lowest BCUT2D eigenvalue weighted by atomic mass is 10.3. The Hall–Kier alpha value is -0.290. The topological polar surface area (TPSA) is 49.8 Å². The van der Waals surface area contributed by atoms with Crippen molar-refractivity contribution in [2.24, 2.45) is 0 Å². The van der Waals surface area contributed by atoms with E-state index < -0.39 is 0 Å². The van der Waals surface area contributed by atoms with E-state index in [-0.39, 0.29) is 24.8 Å². The van der Waals surface area contributed by atoms with E-state index in [4.69, 9.17) is 11.6 Å². The van der Waals surface area contributed by atoms with Crippen LogP contribution in [0.4, 0.5) is 5.95 Å². The fourth-order valence-electron chi connectivity index (χ4n) is 1.35. The van der Waals surface area contributed by atoms with Gasteiger partial charge in [0.05, 0.1) is 17.4 Å². The number of aromatic nitrogens is 2. The normalized spacial score (nSPS) is 18.9. The number of hydrogen-bond donors (Lipinski definition) is 2. The van der Waals surface area contributed by atoms with E-state index in [0.29, 0.717) is 17.0 Å². The molecule has 2 rings (SSSR count). The zero-order chi connectivity index (χ0) is 9.10. The van der Waals surface area contributed by atoms with E-state index in [1.54, 1.807) is 12.4 Å². The lowest BCUT2D eigenvalue weighted by Crippen LogP contribution is -2.23. The highest BCUT2D eigenvalue weighted by Gasteiger charge is 2.14. The monoisotopic (exact) mass is 270 g/mol. The quantitative estimate of drug-likeness (QED) is 0.860. The lowest BCUT2D eigenvalue weighted by Gasteiger charge is -2.09. The molecule has 15 heavy (non-hydrogen) atoms. The minimum absolute atomic E-state index is 0. The molecular weight excluding hydrogens is 258 g/mol. The van der Waals surface area contributed by atoms with E-state index >= 15 is 0 Å². The molecule has 1 aliphatic rings. The summed E-state index contributed by atoms with van der Waals surface area (Å²) >= 11 is 5.66. The van der Waals surface area contributed by atoms with Crippen molar-refractivity contribution in [3.63, 3.8) is 0 Å². The van der Waals surface area contributed by atoms with E-state index in [0.717, 1.165) is 19.5 Å². The Kier molecular flexibility index (Phi) is 6.92. The summed E-state index contributed by atoms with van der Waals surface area (Å²) in [4.78, 5) is 8.12. The molecule has 0 spiro atoms. The highest BCUT2D eigenvalue weighted by molar-refractivity contribution is 6.30. The van der Waals surface area contributed by atoms with Gasteiger partial charge in [-0.3, -0.25) is 0 Å². The second-order valence-corrected chi connectivity index (χ2v) is 3.50. The summed E-state index contributed by atoms with van der Waals surface area (Å²) in [5.41, 5.74) is 0. The molecule has 2 heterocycles. The molecule has 0 aromatic carbocycles. The molecule has 0 aliphatic carbocycles. The first kappa shape index (κ1) is 14.7. The number of rotatable bonds is 2. The summed E-state index contributed by atoms with van der Waals surface area (Å²) in [6.45, 7) is 2.04. The number of nitrogens with one attached hydrogen (secondary N) is 2. The fraction of sp³-hybridized carbons (Fsp3) is 0.500. The van der Waals surface area contributed by atoms with Gasteiger partial charge in [-0.2, -0.15) is 0 Å². The van der Waals surface area contributed by atoms with Crippen LogP contribution in [0.1, 0.15) is 6.42 Å². The van der Waals surface area contributed by atoms with Crippen LogP contribution in [0.5, 0.6) is 0 Å². The molecule has 0 saturated carbocycles. The molecule has 1 aromatic rings. The summed E-state index contributed by atoms with van der Waals surface area (Å²) in [7, 11) is 0. The van der Waals surface area contributed by atoms with Crippen molar-refractivity contribution in [3.8, 4) is 0 Å². The Balaban J connectivity index is 0.000000980.